The van der Waals surface area contributed by atoms with Gasteiger partial charge >= 0.3 is 0 Å². The van der Waals surface area contributed by atoms with Crippen molar-refractivity contribution >= 4 is 5.91 Å². The van der Waals surface area contributed by atoms with Crippen LogP contribution in [0.15, 0.2) is 12.4 Å². The van der Waals surface area contributed by atoms with E-state index in [0.717, 1.165) is 11.1 Å². The van der Waals surface area contributed by atoms with Gasteiger partial charge in [-0.05, 0) is 30.4 Å². The standard InChI is InChI=1S/C17H18N4O/c1-4-17(3,9-19)16(22)21-8-10(2)13-14-11(5-18)6-20-7-12(14)15(13)21/h6-7,10,13,15H,4,8H2,1-3H3/t10-,13?,15+,17?/m0/s1. The van der Waals surface area contributed by atoms with Gasteiger partial charge in [-0.25, -0.2) is 0 Å². The maximum absolute atomic E-state index is 12.8. The van der Waals surface area contributed by atoms with Crippen LogP contribution in [0.2, 0.25) is 0 Å². The smallest absolute Gasteiger partial charge is 0.243 e. The fraction of sp³-hybridized carbons (Fsp3) is 0.529. The molecule has 112 valence electrons. The van der Waals surface area contributed by atoms with Gasteiger partial charge in [0.15, 0.2) is 0 Å². The van der Waals surface area contributed by atoms with Gasteiger partial charge in [0.1, 0.15) is 11.5 Å². The molecule has 0 aromatic carbocycles. The minimum absolute atomic E-state index is 0.0301. The van der Waals surface area contributed by atoms with E-state index in [9.17, 15) is 15.3 Å². The second kappa shape index (κ2) is 4.81. The Morgan fingerprint density at radius 1 is 1.50 bits per heavy atom. The van der Waals surface area contributed by atoms with Crippen LogP contribution in [0.25, 0.3) is 0 Å². The summed E-state index contributed by atoms with van der Waals surface area (Å²) in [6.07, 6.45) is 3.84. The number of pyridine rings is 1. The Labute approximate surface area is 130 Å². The lowest BCUT2D eigenvalue weighted by atomic mass is 9.69. The van der Waals surface area contributed by atoms with Crippen LogP contribution in [-0.2, 0) is 4.79 Å². The fourth-order valence-electron chi connectivity index (χ4n) is 3.74. The van der Waals surface area contributed by atoms with E-state index >= 15 is 0 Å². The lowest BCUT2D eigenvalue weighted by Crippen LogP contribution is -2.44. The quantitative estimate of drug-likeness (QED) is 0.839. The van der Waals surface area contributed by atoms with Gasteiger partial charge in [0.25, 0.3) is 0 Å². The fourth-order valence-corrected chi connectivity index (χ4v) is 3.74. The molecule has 1 amide bonds. The SMILES string of the molecule is CCC(C)(C#N)C(=O)N1C[C@H](C)C2c3c(C#N)cncc3[C@H]21. The van der Waals surface area contributed by atoms with E-state index < -0.39 is 5.41 Å². The lowest BCUT2D eigenvalue weighted by molar-refractivity contribution is -0.140. The van der Waals surface area contributed by atoms with Crippen molar-refractivity contribution in [2.75, 3.05) is 6.54 Å². The number of carbonyl (C=O) groups excluding carboxylic acids is 1. The van der Waals surface area contributed by atoms with Gasteiger partial charge in [0, 0.05) is 24.9 Å². The Hall–Kier alpha value is -2.40. The number of rotatable bonds is 2. The summed E-state index contributed by atoms with van der Waals surface area (Å²) in [5, 5.41) is 18.6. The first-order chi connectivity index (χ1) is 10.5. The molecule has 1 aromatic rings. The zero-order valence-corrected chi connectivity index (χ0v) is 13.0. The van der Waals surface area contributed by atoms with E-state index in [1.165, 1.54) is 0 Å². The van der Waals surface area contributed by atoms with Crippen molar-refractivity contribution in [2.24, 2.45) is 11.3 Å². The summed E-state index contributed by atoms with van der Waals surface area (Å²) in [6.45, 7) is 6.30. The average Bonchev–Trinajstić information content (AvgIpc) is 2.81. The first kappa shape index (κ1) is 14.5. The van der Waals surface area contributed by atoms with Gasteiger partial charge in [-0.3, -0.25) is 9.78 Å². The molecule has 0 radical (unpaired) electrons. The van der Waals surface area contributed by atoms with Gasteiger partial charge in [-0.15, -0.1) is 0 Å². The minimum Gasteiger partial charge on any atom is -0.333 e. The number of amides is 1. The topological polar surface area (TPSA) is 80.8 Å². The van der Waals surface area contributed by atoms with Gasteiger partial charge in [-0.1, -0.05) is 13.8 Å². The first-order valence-electron chi connectivity index (χ1n) is 7.58. The van der Waals surface area contributed by atoms with Crippen molar-refractivity contribution < 1.29 is 4.79 Å². The molecule has 3 rings (SSSR count). The predicted molar refractivity (Wildman–Crippen MR) is 79.3 cm³/mol. The summed E-state index contributed by atoms with van der Waals surface area (Å²) in [4.78, 5) is 18.8. The minimum atomic E-state index is -0.982. The highest BCUT2D eigenvalue weighted by Gasteiger charge is 2.55. The van der Waals surface area contributed by atoms with Gasteiger partial charge in [0.05, 0.1) is 17.7 Å². The van der Waals surface area contributed by atoms with Crippen molar-refractivity contribution in [1.29, 1.82) is 10.5 Å². The molecule has 4 atom stereocenters. The van der Waals surface area contributed by atoms with E-state index in [4.69, 9.17) is 0 Å². The first-order valence-corrected chi connectivity index (χ1v) is 7.58. The molecular weight excluding hydrogens is 276 g/mol. The van der Waals surface area contributed by atoms with Crippen LogP contribution in [-0.4, -0.2) is 22.3 Å². The second-order valence-electron chi connectivity index (χ2n) is 6.50. The van der Waals surface area contributed by atoms with Crippen LogP contribution >= 0.6 is 0 Å². The molecule has 2 aliphatic rings. The van der Waals surface area contributed by atoms with Crippen LogP contribution in [0.4, 0.5) is 0 Å². The maximum Gasteiger partial charge on any atom is 0.243 e. The molecule has 2 heterocycles. The van der Waals surface area contributed by atoms with Crippen LogP contribution in [0, 0.1) is 34.0 Å². The number of nitriles is 2. The van der Waals surface area contributed by atoms with E-state index in [1.807, 2.05) is 11.8 Å². The van der Waals surface area contributed by atoms with Gasteiger partial charge in [-0.2, -0.15) is 10.5 Å². The summed E-state index contributed by atoms with van der Waals surface area (Å²) in [5.74, 6) is 0.372. The lowest BCUT2D eigenvalue weighted by Gasteiger charge is -2.41. The molecule has 5 nitrogen and oxygen atoms in total. The Morgan fingerprint density at radius 3 is 2.82 bits per heavy atom. The molecule has 2 unspecified atom stereocenters. The van der Waals surface area contributed by atoms with Crippen LogP contribution in [0.5, 0.6) is 0 Å². The average molecular weight is 294 g/mol. The molecule has 1 saturated heterocycles. The van der Waals surface area contributed by atoms with Crippen LogP contribution in [0.1, 0.15) is 55.8 Å². The molecule has 0 N–H and O–H groups in total. The second-order valence-corrected chi connectivity index (χ2v) is 6.50. The van der Waals surface area contributed by atoms with Gasteiger partial charge < -0.3 is 4.90 Å². The molecule has 1 aliphatic heterocycles. The van der Waals surface area contributed by atoms with Crippen LogP contribution < -0.4 is 0 Å². The molecule has 0 bridgehead atoms. The highest BCUT2D eigenvalue weighted by atomic mass is 16.2. The van der Waals surface area contributed by atoms with E-state index in [-0.39, 0.29) is 23.8 Å². The largest absolute Gasteiger partial charge is 0.333 e. The molecule has 1 aromatic heterocycles. The zero-order chi connectivity index (χ0) is 16.1. The monoisotopic (exact) mass is 294 g/mol. The number of likely N-dealkylation sites (tertiary alicyclic amines) is 1. The van der Waals surface area contributed by atoms with Crippen molar-refractivity contribution in [3.63, 3.8) is 0 Å². The molecule has 0 spiro atoms. The van der Waals surface area contributed by atoms with E-state index in [1.54, 1.807) is 19.3 Å². The Bertz CT molecular complexity index is 729. The highest BCUT2D eigenvalue weighted by molar-refractivity contribution is 5.86. The number of hydrogen-bond acceptors (Lipinski definition) is 4. The summed E-state index contributed by atoms with van der Waals surface area (Å²) >= 11 is 0. The zero-order valence-electron chi connectivity index (χ0n) is 13.0. The third-order valence-electron chi connectivity index (χ3n) is 5.25. The molecule has 5 heteroatoms. The Balaban J connectivity index is 2.01. The van der Waals surface area contributed by atoms with Crippen molar-refractivity contribution in [3.8, 4) is 12.1 Å². The summed E-state index contributed by atoms with van der Waals surface area (Å²) < 4.78 is 0. The molecule has 1 fully saturated rings. The highest BCUT2D eigenvalue weighted by Crippen LogP contribution is 2.58. The molecule has 22 heavy (non-hydrogen) atoms. The van der Waals surface area contributed by atoms with Crippen molar-refractivity contribution in [2.45, 2.75) is 39.2 Å². The van der Waals surface area contributed by atoms with E-state index in [0.29, 0.717) is 18.5 Å². The Morgan fingerprint density at radius 2 is 2.23 bits per heavy atom. The molecule has 1 aliphatic carbocycles. The van der Waals surface area contributed by atoms with E-state index in [2.05, 4.69) is 24.0 Å². The third kappa shape index (κ3) is 1.69. The number of aromatic nitrogens is 1. The van der Waals surface area contributed by atoms with Crippen molar-refractivity contribution in [1.82, 2.24) is 9.88 Å². The maximum atomic E-state index is 12.8. The predicted octanol–water partition coefficient (Wildman–Crippen LogP) is 2.51. The summed E-state index contributed by atoms with van der Waals surface area (Å²) in [6, 6.07) is 4.34. The van der Waals surface area contributed by atoms with Crippen molar-refractivity contribution in [3.05, 3.63) is 29.1 Å². The normalized spacial score (nSPS) is 27.7. The third-order valence-corrected chi connectivity index (χ3v) is 5.25. The summed E-state index contributed by atoms with van der Waals surface area (Å²) in [7, 11) is 0. The number of nitrogens with zero attached hydrogens (tertiary/aromatic N) is 4. The number of fused-ring (bicyclic) bond motifs is 4. The number of carbonyl (C=O) groups is 1. The molecule has 0 saturated carbocycles. The Kier molecular flexibility index (Phi) is 3.18. The summed E-state index contributed by atoms with van der Waals surface area (Å²) in [5.41, 5.74) is 1.64. The van der Waals surface area contributed by atoms with Gasteiger partial charge in [0.2, 0.25) is 5.91 Å². The molecular formula is C17H18N4O. The number of hydrogen-bond donors (Lipinski definition) is 0. The van der Waals surface area contributed by atoms with Crippen LogP contribution in [0.3, 0.4) is 0 Å².